The highest BCUT2D eigenvalue weighted by Crippen LogP contribution is 2.41. The van der Waals surface area contributed by atoms with Crippen LogP contribution in [0.5, 0.6) is 5.75 Å². The summed E-state index contributed by atoms with van der Waals surface area (Å²) >= 11 is 0. The second-order valence-corrected chi connectivity index (χ2v) is 12.7. The zero-order valence-corrected chi connectivity index (χ0v) is 24.9. The van der Waals surface area contributed by atoms with Crippen LogP contribution in [0.15, 0.2) is 60.7 Å². The third kappa shape index (κ3) is 4.21. The summed E-state index contributed by atoms with van der Waals surface area (Å²) in [5, 5.41) is 10.6. The molecule has 44 heavy (non-hydrogen) atoms. The van der Waals surface area contributed by atoms with Crippen LogP contribution in [0, 0.1) is 11.8 Å². The molecule has 3 atom stereocenters. The Hall–Kier alpha value is -4.63. The van der Waals surface area contributed by atoms with Crippen molar-refractivity contribution in [3.8, 4) is 28.4 Å². The highest BCUT2D eigenvalue weighted by molar-refractivity contribution is 6.01. The average molecular weight is 590 g/mol. The fourth-order valence-corrected chi connectivity index (χ4v) is 7.47. The van der Waals surface area contributed by atoms with E-state index in [1.165, 1.54) is 12.8 Å². The Morgan fingerprint density at radius 3 is 2.52 bits per heavy atom. The summed E-state index contributed by atoms with van der Waals surface area (Å²) in [6, 6.07) is 19.4. The summed E-state index contributed by atoms with van der Waals surface area (Å²) in [5.74, 6) is 1.46. The first-order valence-electron chi connectivity index (χ1n) is 15.4. The van der Waals surface area contributed by atoms with E-state index in [-0.39, 0.29) is 23.6 Å². The van der Waals surface area contributed by atoms with Crippen LogP contribution in [0.1, 0.15) is 46.4 Å². The van der Waals surface area contributed by atoms with Gasteiger partial charge >= 0.3 is 5.97 Å². The molecule has 3 aromatic carbocycles. The van der Waals surface area contributed by atoms with E-state index >= 15 is 0 Å². The summed E-state index contributed by atoms with van der Waals surface area (Å²) in [6.45, 7) is 1.58. The number of hydrogen-bond acceptors (Lipinski definition) is 5. The maximum absolute atomic E-state index is 13.7. The van der Waals surface area contributed by atoms with Crippen molar-refractivity contribution in [1.82, 2.24) is 19.0 Å². The second kappa shape index (κ2) is 9.95. The van der Waals surface area contributed by atoms with Gasteiger partial charge in [-0.3, -0.25) is 4.79 Å². The topological polar surface area (TPSA) is 116 Å². The van der Waals surface area contributed by atoms with Gasteiger partial charge in [0.1, 0.15) is 11.3 Å². The lowest BCUT2D eigenvalue weighted by Crippen LogP contribution is -2.41. The number of piperidine rings is 1. The molecule has 1 amide bonds. The number of aromatic nitrogens is 3. The number of hydrogen-bond donors (Lipinski definition) is 2. The van der Waals surface area contributed by atoms with Gasteiger partial charge in [-0.2, -0.15) is 0 Å². The Bertz CT molecular complexity index is 1990. The van der Waals surface area contributed by atoms with Crippen LogP contribution in [-0.2, 0) is 13.6 Å². The van der Waals surface area contributed by atoms with Crippen molar-refractivity contribution >= 4 is 33.8 Å². The Morgan fingerprint density at radius 2 is 1.82 bits per heavy atom. The number of likely N-dealkylation sites (tertiary alicyclic amines) is 1. The van der Waals surface area contributed by atoms with Gasteiger partial charge in [0.25, 0.3) is 5.91 Å². The van der Waals surface area contributed by atoms with Gasteiger partial charge in [-0.25, -0.2) is 9.78 Å². The van der Waals surface area contributed by atoms with Crippen molar-refractivity contribution in [2.24, 2.45) is 24.6 Å². The fourth-order valence-electron chi connectivity index (χ4n) is 7.47. The maximum atomic E-state index is 13.7. The number of carbonyl (C=O) groups excluding carboxylic acids is 1. The Morgan fingerprint density at radius 1 is 1.00 bits per heavy atom. The fraction of sp³-hybridized carbons (Fsp3) is 0.343. The molecule has 5 aromatic rings. The molecule has 2 bridgehead atoms. The SMILES string of the molecule is COc1cc(C(=O)N2C[C@H]3CC[C@@H]2[C@@H]3N)cc2nc(-c3cc4ccc(-c5cccc(C(=O)O)c5)cc4n3CC3CC3)n(C)c12. The molecule has 3 N–H and O–H groups in total. The lowest BCUT2D eigenvalue weighted by molar-refractivity contribution is 0.0689. The van der Waals surface area contributed by atoms with Crippen molar-refractivity contribution in [2.75, 3.05) is 13.7 Å². The van der Waals surface area contributed by atoms with Gasteiger partial charge in [-0.1, -0.05) is 24.3 Å². The van der Waals surface area contributed by atoms with Crippen LogP contribution in [0.3, 0.4) is 0 Å². The number of benzene rings is 3. The van der Waals surface area contributed by atoms with Gasteiger partial charge in [-0.15, -0.1) is 0 Å². The predicted molar refractivity (Wildman–Crippen MR) is 169 cm³/mol. The molecule has 1 saturated heterocycles. The number of carboxylic acids is 1. The van der Waals surface area contributed by atoms with E-state index < -0.39 is 5.97 Å². The Balaban J connectivity index is 1.24. The molecule has 3 heterocycles. The predicted octanol–water partition coefficient (Wildman–Crippen LogP) is 5.54. The van der Waals surface area contributed by atoms with Crippen LogP contribution in [-0.4, -0.2) is 61.7 Å². The number of amides is 1. The highest BCUT2D eigenvalue weighted by atomic mass is 16.5. The summed E-state index contributed by atoms with van der Waals surface area (Å²) in [5.41, 5.74) is 12.7. The van der Waals surface area contributed by atoms with Crippen molar-refractivity contribution < 1.29 is 19.4 Å². The van der Waals surface area contributed by atoms with Gasteiger partial charge in [-0.05, 0) is 85.0 Å². The standard InChI is InChI=1S/C35H35N5O4/c1-38-32-26(13-25(16-30(32)44-2)34(41)40-18-24-10-11-27(40)31(24)36)37-33(38)29-15-22-9-8-21(14-28(22)39(29)17-19-6-7-19)20-4-3-5-23(12-20)35(42)43/h3-5,8-9,12-16,19,24,27,31H,6-7,10-11,17-18,36H2,1-2H3,(H,42,43)/t24-,27-,31-/m1/s1. The first-order valence-corrected chi connectivity index (χ1v) is 15.4. The summed E-state index contributed by atoms with van der Waals surface area (Å²) in [7, 11) is 3.63. The smallest absolute Gasteiger partial charge is 0.335 e. The number of aryl methyl sites for hydroxylation is 1. The van der Waals surface area contributed by atoms with Gasteiger partial charge < -0.3 is 29.6 Å². The van der Waals surface area contributed by atoms with Gasteiger partial charge in [0.2, 0.25) is 0 Å². The van der Waals surface area contributed by atoms with Gasteiger partial charge in [0.15, 0.2) is 5.82 Å². The Kier molecular flexibility index (Phi) is 6.10. The molecule has 1 aliphatic heterocycles. The molecule has 3 fully saturated rings. The minimum Gasteiger partial charge on any atom is -0.494 e. The Labute approximate surface area is 254 Å². The summed E-state index contributed by atoms with van der Waals surface area (Å²) in [6.07, 6.45) is 4.45. The minimum atomic E-state index is -0.939. The van der Waals surface area contributed by atoms with Crippen molar-refractivity contribution in [2.45, 2.75) is 44.3 Å². The number of aromatic carboxylic acids is 1. The van der Waals surface area contributed by atoms with E-state index in [2.05, 4.69) is 27.3 Å². The molecule has 9 nitrogen and oxygen atoms in total. The van der Waals surface area contributed by atoms with E-state index in [0.29, 0.717) is 35.2 Å². The summed E-state index contributed by atoms with van der Waals surface area (Å²) < 4.78 is 10.3. The summed E-state index contributed by atoms with van der Waals surface area (Å²) in [4.78, 5) is 32.4. The molecule has 9 heteroatoms. The number of nitrogens with zero attached hydrogens (tertiary/aromatic N) is 4. The molecule has 0 spiro atoms. The van der Waals surface area contributed by atoms with E-state index in [0.717, 1.165) is 58.5 Å². The molecule has 0 radical (unpaired) electrons. The number of nitrogens with two attached hydrogens (primary N) is 1. The van der Waals surface area contributed by atoms with Crippen molar-refractivity contribution in [3.05, 3.63) is 71.8 Å². The quantitative estimate of drug-likeness (QED) is 0.258. The number of methoxy groups -OCH3 is 1. The van der Waals surface area contributed by atoms with E-state index in [1.54, 1.807) is 25.3 Å². The molecule has 2 aromatic heterocycles. The monoisotopic (exact) mass is 589 g/mol. The molecular weight excluding hydrogens is 554 g/mol. The number of fused-ring (bicyclic) bond motifs is 4. The number of carboxylic acid groups (broad SMARTS) is 1. The van der Waals surface area contributed by atoms with E-state index in [9.17, 15) is 14.7 Å². The zero-order chi connectivity index (χ0) is 30.3. The van der Waals surface area contributed by atoms with E-state index in [1.807, 2.05) is 36.2 Å². The van der Waals surface area contributed by atoms with Gasteiger partial charge in [0, 0.05) is 48.7 Å². The van der Waals surface area contributed by atoms with Crippen molar-refractivity contribution in [1.29, 1.82) is 0 Å². The van der Waals surface area contributed by atoms with Crippen LogP contribution in [0.25, 0.3) is 44.6 Å². The molecule has 8 rings (SSSR count). The van der Waals surface area contributed by atoms with Crippen molar-refractivity contribution in [3.63, 3.8) is 0 Å². The number of carbonyl (C=O) groups is 2. The number of ether oxygens (including phenoxy) is 1. The first kappa shape index (κ1) is 27.0. The zero-order valence-electron chi connectivity index (χ0n) is 24.9. The van der Waals surface area contributed by atoms with Crippen LogP contribution in [0.4, 0.5) is 0 Å². The van der Waals surface area contributed by atoms with Crippen LogP contribution < -0.4 is 10.5 Å². The molecule has 224 valence electrons. The van der Waals surface area contributed by atoms with Crippen LogP contribution >= 0.6 is 0 Å². The minimum absolute atomic E-state index is 0.0117. The third-order valence-corrected chi connectivity index (χ3v) is 10.0. The average Bonchev–Trinajstić information content (AvgIpc) is 3.44. The molecule has 2 aliphatic carbocycles. The van der Waals surface area contributed by atoms with Crippen LogP contribution in [0.2, 0.25) is 0 Å². The maximum Gasteiger partial charge on any atom is 0.335 e. The lowest BCUT2D eigenvalue weighted by Gasteiger charge is -2.27. The third-order valence-electron chi connectivity index (χ3n) is 10.0. The molecule has 2 saturated carbocycles. The molecule has 3 aliphatic rings. The van der Waals surface area contributed by atoms with Gasteiger partial charge in [0.05, 0.1) is 23.9 Å². The van der Waals surface area contributed by atoms with E-state index in [4.69, 9.17) is 15.5 Å². The first-order chi connectivity index (χ1) is 21.3. The number of imidazole rings is 1. The normalized spacial score (nSPS) is 21.1. The highest BCUT2D eigenvalue weighted by Gasteiger charge is 2.47. The largest absolute Gasteiger partial charge is 0.494 e. The number of rotatable bonds is 7. The second-order valence-electron chi connectivity index (χ2n) is 12.7. The lowest BCUT2D eigenvalue weighted by atomic mass is 10.0. The molecule has 0 unspecified atom stereocenters. The molecular formula is C35H35N5O4.